The summed E-state index contributed by atoms with van der Waals surface area (Å²) in [5.41, 5.74) is 3.45. The minimum absolute atomic E-state index is 0.152. The maximum absolute atomic E-state index is 13.2. The molecule has 5 atom stereocenters. The number of carbonyl (C=O) groups excluding carboxylic acids is 2. The number of ether oxygens (including phenoxy) is 1. The molecule has 1 aromatic heterocycles. The third-order valence-corrected chi connectivity index (χ3v) is 8.14. The molecule has 5 unspecified atom stereocenters. The Balaban J connectivity index is 1.55. The third-order valence-electron chi connectivity index (χ3n) is 7.05. The van der Waals surface area contributed by atoms with Crippen LogP contribution in [0, 0.1) is 30.1 Å². The van der Waals surface area contributed by atoms with Crippen LogP contribution in [0.5, 0.6) is 0 Å². The van der Waals surface area contributed by atoms with E-state index in [-0.39, 0.29) is 35.9 Å². The average Bonchev–Trinajstić information content (AvgIpc) is 3.50. The van der Waals surface area contributed by atoms with Gasteiger partial charge in [-0.15, -0.1) is 11.3 Å². The van der Waals surface area contributed by atoms with Crippen LogP contribution in [0.4, 0.5) is 5.00 Å². The van der Waals surface area contributed by atoms with Crippen LogP contribution < -0.4 is 4.90 Å². The molecule has 1 aromatic carbocycles. The van der Waals surface area contributed by atoms with E-state index in [0.717, 1.165) is 35.3 Å². The first-order valence-electron chi connectivity index (χ1n) is 10.6. The fourth-order valence-electron chi connectivity index (χ4n) is 5.27. The van der Waals surface area contributed by atoms with E-state index in [1.807, 2.05) is 19.1 Å². The number of anilines is 1. The van der Waals surface area contributed by atoms with Crippen LogP contribution in [0.2, 0.25) is 0 Å². The topological polar surface area (TPSA) is 70.4 Å². The molecule has 154 valence electrons. The predicted octanol–water partition coefficient (Wildman–Crippen LogP) is 4.78. The number of hydrogen-bond acceptors (Lipinski definition) is 5. The molecule has 4 heterocycles. The highest BCUT2D eigenvalue weighted by molar-refractivity contribution is 7.17. The Morgan fingerprint density at radius 2 is 1.77 bits per heavy atom. The molecule has 0 spiro atoms. The standard InChI is InChI=1S/C24H24N2O3S/c1-4-12(2)14-5-7-15(8-6-14)19-13(3)30-24(16(19)11-25)26-22(27)20-17-9-10-18(29-17)21(20)23(26)28/h5-8,12,17-18,20-21H,4,9-10H2,1-3H3. The highest BCUT2D eigenvalue weighted by atomic mass is 32.1. The minimum atomic E-state index is -0.386. The number of rotatable bonds is 4. The number of carbonyl (C=O) groups is 2. The minimum Gasteiger partial charge on any atom is -0.373 e. The molecule has 6 heteroatoms. The SMILES string of the molecule is CCC(C)c1ccc(-c2c(C)sc(N3C(=O)C4C5CCC(O5)C4C3=O)c2C#N)cc1. The first-order valence-corrected chi connectivity index (χ1v) is 11.4. The fraction of sp³-hybridized carbons (Fsp3) is 0.458. The number of hydrogen-bond donors (Lipinski definition) is 0. The quantitative estimate of drug-likeness (QED) is 0.668. The van der Waals surface area contributed by atoms with Crippen molar-refractivity contribution >= 4 is 28.2 Å². The number of thiophene rings is 1. The van der Waals surface area contributed by atoms with Crippen molar-refractivity contribution < 1.29 is 14.3 Å². The molecule has 2 bridgehead atoms. The highest BCUT2D eigenvalue weighted by Crippen LogP contribution is 2.52. The van der Waals surface area contributed by atoms with Crippen molar-refractivity contribution in [3.63, 3.8) is 0 Å². The van der Waals surface area contributed by atoms with Gasteiger partial charge in [0.1, 0.15) is 11.1 Å². The lowest BCUT2D eigenvalue weighted by molar-refractivity contribution is -0.124. The summed E-state index contributed by atoms with van der Waals surface area (Å²) < 4.78 is 5.83. The van der Waals surface area contributed by atoms with E-state index in [1.165, 1.54) is 21.8 Å². The summed E-state index contributed by atoms with van der Waals surface area (Å²) >= 11 is 1.36. The molecule has 3 aliphatic rings. The highest BCUT2D eigenvalue weighted by Gasteiger charge is 2.63. The van der Waals surface area contributed by atoms with Gasteiger partial charge in [0.05, 0.1) is 29.6 Å². The van der Waals surface area contributed by atoms with Gasteiger partial charge in [-0.1, -0.05) is 38.1 Å². The molecule has 3 aliphatic heterocycles. The Bertz CT molecular complexity index is 1050. The number of nitriles is 1. The van der Waals surface area contributed by atoms with Crippen molar-refractivity contribution in [3.05, 3.63) is 40.3 Å². The van der Waals surface area contributed by atoms with Crippen molar-refractivity contribution in [2.75, 3.05) is 4.90 Å². The molecule has 5 rings (SSSR count). The van der Waals surface area contributed by atoms with Crippen molar-refractivity contribution in [2.45, 2.75) is 58.2 Å². The van der Waals surface area contributed by atoms with Crippen LogP contribution in [0.15, 0.2) is 24.3 Å². The molecule has 2 amide bonds. The molecular weight excluding hydrogens is 396 g/mol. The lowest BCUT2D eigenvalue weighted by Crippen LogP contribution is -2.34. The fourth-order valence-corrected chi connectivity index (χ4v) is 6.40. The zero-order valence-corrected chi connectivity index (χ0v) is 18.2. The van der Waals surface area contributed by atoms with Crippen LogP contribution in [0.1, 0.15) is 55.0 Å². The Kier molecular flexibility index (Phi) is 4.57. The molecule has 0 aliphatic carbocycles. The Labute approximate surface area is 180 Å². The van der Waals surface area contributed by atoms with Crippen molar-refractivity contribution in [1.29, 1.82) is 5.26 Å². The van der Waals surface area contributed by atoms with Crippen molar-refractivity contribution in [1.82, 2.24) is 0 Å². The summed E-state index contributed by atoms with van der Waals surface area (Å²) in [7, 11) is 0. The molecule has 0 saturated carbocycles. The summed E-state index contributed by atoms with van der Waals surface area (Å²) in [4.78, 5) is 28.6. The smallest absolute Gasteiger partial charge is 0.241 e. The van der Waals surface area contributed by atoms with Gasteiger partial charge in [0.25, 0.3) is 0 Å². The van der Waals surface area contributed by atoms with Gasteiger partial charge < -0.3 is 4.74 Å². The zero-order valence-electron chi connectivity index (χ0n) is 17.3. The van der Waals surface area contributed by atoms with Crippen molar-refractivity contribution in [2.24, 2.45) is 11.8 Å². The van der Waals surface area contributed by atoms with Gasteiger partial charge in [0.2, 0.25) is 11.8 Å². The summed E-state index contributed by atoms with van der Waals surface area (Å²) in [5, 5.41) is 10.5. The molecule has 2 aromatic rings. The van der Waals surface area contributed by atoms with Crippen molar-refractivity contribution in [3.8, 4) is 17.2 Å². The molecule has 3 fully saturated rings. The lowest BCUT2D eigenvalue weighted by atomic mass is 9.81. The Hall–Kier alpha value is -2.49. The van der Waals surface area contributed by atoms with Gasteiger partial charge in [0, 0.05) is 10.4 Å². The van der Waals surface area contributed by atoms with Crippen LogP contribution >= 0.6 is 11.3 Å². The molecule has 30 heavy (non-hydrogen) atoms. The molecule has 5 nitrogen and oxygen atoms in total. The summed E-state index contributed by atoms with van der Waals surface area (Å²) in [6.07, 6.45) is 2.43. The lowest BCUT2D eigenvalue weighted by Gasteiger charge is -2.16. The van der Waals surface area contributed by atoms with E-state index in [9.17, 15) is 14.9 Å². The number of aryl methyl sites for hydroxylation is 1. The Morgan fingerprint density at radius 1 is 1.17 bits per heavy atom. The normalized spacial score (nSPS) is 28.1. The number of amides is 2. The average molecular weight is 421 g/mol. The largest absolute Gasteiger partial charge is 0.373 e. The zero-order chi connectivity index (χ0) is 21.2. The second-order valence-corrected chi connectivity index (χ2v) is 9.81. The number of nitrogens with zero attached hydrogens (tertiary/aromatic N) is 2. The van der Waals surface area contributed by atoms with Gasteiger partial charge in [-0.2, -0.15) is 5.26 Å². The van der Waals surface area contributed by atoms with E-state index < -0.39 is 0 Å². The summed E-state index contributed by atoms with van der Waals surface area (Å²) in [6, 6.07) is 10.6. The van der Waals surface area contributed by atoms with Gasteiger partial charge in [-0.25, -0.2) is 4.90 Å². The van der Waals surface area contributed by atoms with Gasteiger partial charge >= 0.3 is 0 Å². The van der Waals surface area contributed by atoms with Crippen LogP contribution in [-0.2, 0) is 14.3 Å². The molecule has 0 radical (unpaired) electrons. The maximum Gasteiger partial charge on any atom is 0.241 e. The monoisotopic (exact) mass is 420 g/mol. The van der Waals surface area contributed by atoms with Gasteiger partial charge in [-0.05, 0) is 43.2 Å². The van der Waals surface area contributed by atoms with E-state index in [1.54, 1.807) is 0 Å². The summed E-state index contributed by atoms with van der Waals surface area (Å²) in [5.74, 6) is -0.695. The number of imide groups is 1. The van der Waals surface area contributed by atoms with E-state index in [2.05, 4.69) is 32.0 Å². The van der Waals surface area contributed by atoms with Crippen LogP contribution in [-0.4, -0.2) is 24.0 Å². The second kappa shape index (κ2) is 7.04. The number of benzene rings is 1. The Morgan fingerprint density at radius 3 is 2.30 bits per heavy atom. The first-order chi connectivity index (χ1) is 14.5. The van der Waals surface area contributed by atoms with Crippen LogP contribution in [0.25, 0.3) is 11.1 Å². The van der Waals surface area contributed by atoms with Gasteiger partial charge in [0.15, 0.2) is 0 Å². The number of fused-ring (bicyclic) bond motifs is 5. The predicted molar refractivity (Wildman–Crippen MR) is 115 cm³/mol. The molecule has 3 saturated heterocycles. The first kappa shape index (κ1) is 19.5. The van der Waals surface area contributed by atoms with E-state index >= 15 is 0 Å². The maximum atomic E-state index is 13.2. The summed E-state index contributed by atoms with van der Waals surface area (Å²) in [6.45, 7) is 6.31. The molecule has 0 N–H and O–H groups in total. The third kappa shape index (κ3) is 2.62. The van der Waals surface area contributed by atoms with E-state index in [0.29, 0.717) is 16.5 Å². The van der Waals surface area contributed by atoms with Crippen LogP contribution in [0.3, 0.4) is 0 Å². The molecular formula is C24H24N2O3S. The van der Waals surface area contributed by atoms with Gasteiger partial charge in [-0.3, -0.25) is 9.59 Å². The van der Waals surface area contributed by atoms with E-state index in [4.69, 9.17) is 4.74 Å². The second-order valence-electron chi connectivity index (χ2n) is 8.61.